The van der Waals surface area contributed by atoms with Gasteiger partial charge >= 0.3 is 6.09 Å². The Bertz CT molecular complexity index is 1280. The van der Waals surface area contributed by atoms with Gasteiger partial charge in [-0.05, 0) is 23.0 Å². The number of carbonyl (C=O) groups is 6. The summed E-state index contributed by atoms with van der Waals surface area (Å²) in [7, 11) is 0. The van der Waals surface area contributed by atoms with E-state index in [4.69, 9.17) is 10.5 Å². The molecule has 4 rings (SSSR count). The number of phenolic OH excluding ortho intramolecular Hbond substituents is 1. The van der Waals surface area contributed by atoms with E-state index in [9.17, 15) is 44.1 Å². The van der Waals surface area contributed by atoms with E-state index >= 15 is 0 Å². The van der Waals surface area contributed by atoms with Gasteiger partial charge in [-0.3, -0.25) is 29.3 Å². The van der Waals surface area contributed by atoms with Crippen LogP contribution in [0.3, 0.4) is 0 Å². The zero-order valence-corrected chi connectivity index (χ0v) is 21.3. The number of amides is 2. The monoisotopic (exact) mass is 530 g/mol. The molecular weight excluding hydrogens is 500 g/mol. The van der Waals surface area contributed by atoms with E-state index in [2.05, 4.69) is 5.32 Å². The van der Waals surface area contributed by atoms with Crippen LogP contribution in [0.15, 0.2) is 12.1 Å². The number of ether oxygens (including phenoxy) is 1. The standard InChI is InChI=1S/C26H30N2O10/c1-9-10-5-6-12(28-24(36)38-8-25(2,3)4)19(31)15(10)20(32)17-14(9)18(30)11-7-13(29)16(23(27)35)21(33)26(11,37)22(17)34/h5-6,9,11,14,16-18,30-31,37H,7-8H2,1-4H3,(H2,27,35)(H,28,36)/t9-,11+,14+,16?,17?,18+,26+/m0/s1. The molecule has 2 saturated carbocycles. The summed E-state index contributed by atoms with van der Waals surface area (Å²) in [6.07, 6.45) is -3.20. The topological polar surface area (TPSA) is 210 Å². The Kier molecular flexibility index (Phi) is 6.48. The fraction of sp³-hybridized carbons (Fsp3) is 0.538. The summed E-state index contributed by atoms with van der Waals surface area (Å²) in [4.78, 5) is 76.8. The van der Waals surface area contributed by atoms with Crippen molar-refractivity contribution in [1.29, 1.82) is 0 Å². The highest BCUT2D eigenvalue weighted by Crippen LogP contribution is 2.54. The predicted molar refractivity (Wildman–Crippen MR) is 129 cm³/mol. The third-order valence-corrected chi connectivity index (χ3v) is 7.73. The predicted octanol–water partition coefficient (Wildman–Crippen LogP) is 0.453. The van der Waals surface area contributed by atoms with Crippen LogP contribution in [-0.2, 0) is 23.9 Å². The lowest BCUT2D eigenvalue weighted by Gasteiger charge is -2.52. The van der Waals surface area contributed by atoms with Crippen molar-refractivity contribution in [2.45, 2.75) is 51.7 Å². The van der Waals surface area contributed by atoms with E-state index in [1.165, 1.54) is 12.1 Å². The second-order valence-electron chi connectivity index (χ2n) is 11.5. The van der Waals surface area contributed by atoms with Crippen LogP contribution in [0.1, 0.15) is 56.0 Å². The van der Waals surface area contributed by atoms with Crippen LogP contribution in [0.25, 0.3) is 0 Å². The lowest BCUT2D eigenvalue weighted by Crippen LogP contribution is -2.72. The molecule has 2 fully saturated rings. The molecule has 1 aromatic carbocycles. The first-order valence-corrected chi connectivity index (χ1v) is 12.2. The number of nitrogens with one attached hydrogen (secondary N) is 1. The number of anilines is 1. The van der Waals surface area contributed by atoms with Crippen molar-refractivity contribution in [1.82, 2.24) is 0 Å². The maximum absolute atomic E-state index is 13.7. The van der Waals surface area contributed by atoms with Gasteiger partial charge in [0.15, 0.2) is 34.7 Å². The first-order valence-electron chi connectivity index (χ1n) is 12.2. The molecule has 0 saturated heterocycles. The molecular formula is C26H30N2O10. The zero-order valence-electron chi connectivity index (χ0n) is 21.3. The highest BCUT2D eigenvalue weighted by Gasteiger charge is 2.69. The number of hydrogen-bond acceptors (Lipinski definition) is 10. The van der Waals surface area contributed by atoms with Crippen LogP contribution < -0.4 is 11.1 Å². The number of hydrogen-bond donors (Lipinski definition) is 5. The number of rotatable bonds is 3. The van der Waals surface area contributed by atoms with Gasteiger partial charge in [0.25, 0.3) is 0 Å². The molecule has 0 heterocycles. The maximum Gasteiger partial charge on any atom is 0.411 e. The minimum atomic E-state index is -3.00. The van der Waals surface area contributed by atoms with Gasteiger partial charge in [-0.25, -0.2) is 4.79 Å². The molecule has 0 aliphatic heterocycles. The van der Waals surface area contributed by atoms with Gasteiger partial charge in [-0.15, -0.1) is 0 Å². The fourth-order valence-corrected chi connectivity index (χ4v) is 5.88. The number of aliphatic hydroxyl groups excluding tert-OH is 1. The fourth-order valence-electron chi connectivity index (χ4n) is 5.88. The minimum absolute atomic E-state index is 0.0687. The van der Waals surface area contributed by atoms with Crippen LogP contribution in [0.4, 0.5) is 10.5 Å². The Morgan fingerprint density at radius 3 is 2.37 bits per heavy atom. The molecule has 12 heteroatoms. The van der Waals surface area contributed by atoms with Gasteiger partial charge in [0.2, 0.25) is 5.91 Å². The quantitative estimate of drug-likeness (QED) is 0.269. The van der Waals surface area contributed by atoms with E-state index in [0.717, 1.165) is 0 Å². The smallest absolute Gasteiger partial charge is 0.411 e. The number of nitrogens with two attached hydrogens (primary N) is 1. The molecule has 0 aromatic heterocycles. The Hall–Kier alpha value is -3.64. The molecule has 6 N–H and O–H groups in total. The SMILES string of the molecule is C[C@H]1c2ccc(NC(=O)OCC(C)(C)C)c(O)c2C(=O)C2C(=O)[C@]3(O)C(=O)C(C(N)=O)C(=O)C[C@@H]3[C@@H](O)[C@@H]21. The molecule has 2 unspecified atom stereocenters. The van der Waals surface area contributed by atoms with Gasteiger partial charge in [0, 0.05) is 18.3 Å². The first kappa shape index (κ1) is 27.4. The highest BCUT2D eigenvalue weighted by atomic mass is 16.5. The van der Waals surface area contributed by atoms with Crippen molar-refractivity contribution >= 4 is 40.8 Å². The van der Waals surface area contributed by atoms with Crippen LogP contribution in [-0.4, -0.2) is 68.8 Å². The van der Waals surface area contributed by atoms with Gasteiger partial charge in [-0.1, -0.05) is 33.8 Å². The number of ketones is 4. The number of aliphatic hydroxyl groups is 2. The second-order valence-corrected chi connectivity index (χ2v) is 11.5. The van der Waals surface area contributed by atoms with Crippen LogP contribution >= 0.6 is 0 Å². The van der Waals surface area contributed by atoms with E-state index < -0.39 is 88.6 Å². The number of carbonyl (C=O) groups excluding carboxylic acids is 6. The van der Waals surface area contributed by atoms with Crippen LogP contribution in [0.5, 0.6) is 5.75 Å². The molecule has 12 nitrogen and oxygen atoms in total. The van der Waals surface area contributed by atoms with Gasteiger partial charge < -0.3 is 25.8 Å². The average Bonchev–Trinajstić information content (AvgIpc) is 2.81. The first-order chi connectivity index (χ1) is 17.5. The zero-order chi connectivity index (χ0) is 28.5. The largest absolute Gasteiger partial charge is 0.505 e. The molecule has 0 spiro atoms. The number of benzene rings is 1. The van der Waals surface area contributed by atoms with Crippen molar-refractivity contribution in [3.05, 3.63) is 23.3 Å². The molecule has 2 amide bonds. The molecule has 204 valence electrons. The third-order valence-electron chi connectivity index (χ3n) is 7.73. The maximum atomic E-state index is 13.7. The van der Waals surface area contributed by atoms with Crippen molar-refractivity contribution in [2.75, 3.05) is 11.9 Å². The van der Waals surface area contributed by atoms with Crippen LogP contribution in [0.2, 0.25) is 0 Å². The van der Waals surface area contributed by atoms with E-state index in [1.807, 2.05) is 20.8 Å². The lowest BCUT2D eigenvalue weighted by molar-refractivity contribution is -0.189. The summed E-state index contributed by atoms with van der Waals surface area (Å²) < 4.78 is 5.13. The minimum Gasteiger partial charge on any atom is -0.505 e. The molecule has 0 bridgehead atoms. The number of primary amides is 1. The highest BCUT2D eigenvalue weighted by molar-refractivity contribution is 6.31. The van der Waals surface area contributed by atoms with Crippen molar-refractivity contribution in [3.8, 4) is 5.75 Å². The molecule has 0 radical (unpaired) electrons. The second kappa shape index (κ2) is 8.98. The number of Topliss-reactive ketones (excluding diaryl/α,β-unsaturated/α-hetero) is 4. The lowest BCUT2D eigenvalue weighted by atomic mass is 9.50. The normalized spacial score (nSPS) is 32.7. The Morgan fingerprint density at radius 1 is 1.16 bits per heavy atom. The molecule has 3 aliphatic rings. The Morgan fingerprint density at radius 2 is 1.79 bits per heavy atom. The number of aromatic hydroxyl groups is 1. The van der Waals surface area contributed by atoms with Gasteiger partial charge in [0.1, 0.15) is 5.75 Å². The van der Waals surface area contributed by atoms with Gasteiger partial charge in [-0.2, -0.15) is 0 Å². The molecule has 1 aromatic rings. The summed E-state index contributed by atoms with van der Waals surface area (Å²) in [6.45, 7) is 7.20. The summed E-state index contributed by atoms with van der Waals surface area (Å²) in [5, 5.41) is 35.8. The Labute approximate surface area is 217 Å². The van der Waals surface area contributed by atoms with E-state index in [1.54, 1.807) is 6.92 Å². The third kappa shape index (κ3) is 3.99. The van der Waals surface area contributed by atoms with Crippen molar-refractivity contribution in [3.63, 3.8) is 0 Å². The summed E-state index contributed by atoms with van der Waals surface area (Å²) >= 11 is 0. The summed E-state index contributed by atoms with van der Waals surface area (Å²) in [6, 6.07) is 2.79. The Balaban J connectivity index is 1.74. The number of phenols is 1. The molecule has 3 aliphatic carbocycles. The molecule has 7 atom stereocenters. The molecule has 38 heavy (non-hydrogen) atoms. The van der Waals surface area contributed by atoms with Crippen LogP contribution in [0, 0.1) is 29.1 Å². The van der Waals surface area contributed by atoms with Gasteiger partial charge in [0.05, 0.1) is 29.9 Å². The van der Waals surface area contributed by atoms with E-state index in [0.29, 0.717) is 0 Å². The van der Waals surface area contributed by atoms with E-state index in [-0.39, 0.29) is 28.8 Å². The average molecular weight is 531 g/mol. The summed E-state index contributed by atoms with van der Waals surface area (Å²) in [5.74, 6) is -14.0. The van der Waals surface area contributed by atoms with Crippen molar-refractivity contribution < 1.29 is 48.8 Å². The summed E-state index contributed by atoms with van der Waals surface area (Å²) in [5.41, 5.74) is 1.62. The van der Waals surface area contributed by atoms with Crippen molar-refractivity contribution in [2.24, 2.45) is 34.8 Å². The number of fused-ring (bicyclic) bond motifs is 3.